The number of halogens is 1. The topological polar surface area (TPSA) is 98.2 Å². The van der Waals surface area contributed by atoms with Gasteiger partial charge in [0.2, 0.25) is 0 Å². The molecular formula is C28H23FN2O6. The van der Waals surface area contributed by atoms with Gasteiger partial charge >= 0.3 is 0 Å². The number of phenolic OH excluding ortho intramolecular Hbond substituents is 1. The number of imide groups is 1. The number of rotatable bonds is 7. The van der Waals surface area contributed by atoms with Gasteiger partial charge in [0, 0.05) is 23.2 Å². The Morgan fingerprint density at radius 1 is 0.892 bits per heavy atom. The summed E-state index contributed by atoms with van der Waals surface area (Å²) >= 11 is 0. The lowest BCUT2D eigenvalue weighted by Gasteiger charge is -2.17. The van der Waals surface area contributed by atoms with Gasteiger partial charge in [-0.1, -0.05) is 12.1 Å². The number of phenols is 1. The number of aromatic hydroxyl groups is 1. The fourth-order valence-corrected chi connectivity index (χ4v) is 4.56. The third-order valence-electron chi connectivity index (χ3n) is 6.39. The monoisotopic (exact) mass is 502 g/mol. The molecule has 2 amide bonds. The van der Waals surface area contributed by atoms with E-state index in [1.165, 1.54) is 33.5 Å². The summed E-state index contributed by atoms with van der Waals surface area (Å²) in [6.07, 6.45) is 2.03. The van der Waals surface area contributed by atoms with Gasteiger partial charge in [-0.15, -0.1) is 0 Å². The molecular weight excluding hydrogens is 479 g/mol. The lowest BCUT2D eigenvalue weighted by molar-refractivity contribution is 0.0640. The fourth-order valence-electron chi connectivity index (χ4n) is 4.56. The zero-order chi connectivity index (χ0) is 26.3. The van der Waals surface area contributed by atoms with Crippen LogP contribution in [-0.4, -0.2) is 48.1 Å². The summed E-state index contributed by atoms with van der Waals surface area (Å²) in [6.45, 7) is -0.0816. The van der Waals surface area contributed by atoms with E-state index < -0.39 is 11.8 Å². The smallest absolute Gasteiger partial charge is 0.265 e. The Hall–Kier alpha value is -4.66. The summed E-state index contributed by atoms with van der Waals surface area (Å²) in [7, 11) is 4.39. The van der Waals surface area contributed by atoms with Crippen molar-refractivity contribution < 1.29 is 33.3 Å². The molecule has 0 saturated carbocycles. The number of benzene rings is 3. The predicted octanol–water partition coefficient (Wildman–Crippen LogP) is 4.49. The van der Waals surface area contributed by atoms with Crippen molar-refractivity contribution in [2.75, 3.05) is 21.3 Å². The number of ether oxygens (including phenoxy) is 3. The Balaban J connectivity index is 1.56. The standard InChI is InChI=1S/C28H23FN2O6/c1-35-19-9-6-17(21(12-19)36-2)14-31-27(33)22-23(28(31)34)26(37-3)24-20(25(22)32)11-16(13-30-24)10-15-4-7-18(29)8-5-15/h4-9,11-13,32H,10,14H2,1-3H3. The third kappa shape index (κ3) is 4.08. The van der Waals surface area contributed by atoms with Crippen LogP contribution in [0.15, 0.2) is 54.7 Å². The molecule has 4 aromatic rings. The highest BCUT2D eigenvalue weighted by molar-refractivity contribution is 6.26. The molecule has 9 heteroatoms. The van der Waals surface area contributed by atoms with Crippen molar-refractivity contribution in [1.29, 1.82) is 0 Å². The van der Waals surface area contributed by atoms with Gasteiger partial charge < -0.3 is 19.3 Å². The number of nitrogens with zero attached hydrogens (tertiary/aromatic N) is 2. The van der Waals surface area contributed by atoms with E-state index in [-0.39, 0.29) is 45.9 Å². The number of hydrogen-bond acceptors (Lipinski definition) is 7. The fraction of sp³-hybridized carbons (Fsp3) is 0.179. The van der Waals surface area contributed by atoms with Crippen LogP contribution in [0, 0.1) is 5.82 Å². The minimum atomic E-state index is -0.653. The summed E-state index contributed by atoms with van der Waals surface area (Å²) in [6, 6.07) is 12.8. The molecule has 188 valence electrons. The number of pyridine rings is 1. The van der Waals surface area contributed by atoms with Crippen molar-refractivity contribution in [3.05, 3.63) is 88.4 Å². The van der Waals surface area contributed by atoms with Gasteiger partial charge in [-0.2, -0.15) is 0 Å². The zero-order valence-electron chi connectivity index (χ0n) is 20.4. The highest BCUT2D eigenvalue weighted by Crippen LogP contribution is 2.44. The molecule has 1 N–H and O–H groups in total. The molecule has 1 aliphatic heterocycles. The number of carbonyl (C=O) groups is 2. The van der Waals surface area contributed by atoms with E-state index in [0.29, 0.717) is 23.5 Å². The first-order chi connectivity index (χ1) is 17.9. The van der Waals surface area contributed by atoms with Crippen molar-refractivity contribution in [2.45, 2.75) is 13.0 Å². The first-order valence-corrected chi connectivity index (χ1v) is 11.4. The van der Waals surface area contributed by atoms with Crippen LogP contribution in [0.3, 0.4) is 0 Å². The van der Waals surface area contributed by atoms with Gasteiger partial charge in [0.25, 0.3) is 11.8 Å². The Morgan fingerprint density at radius 2 is 1.62 bits per heavy atom. The van der Waals surface area contributed by atoms with Crippen LogP contribution in [0.2, 0.25) is 0 Å². The average molecular weight is 502 g/mol. The summed E-state index contributed by atoms with van der Waals surface area (Å²) in [4.78, 5) is 32.4. The number of fused-ring (bicyclic) bond motifs is 2. The van der Waals surface area contributed by atoms with E-state index in [1.807, 2.05) is 0 Å². The van der Waals surface area contributed by atoms with Crippen molar-refractivity contribution >= 4 is 22.7 Å². The third-order valence-corrected chi connectivity index (χ3v) is 6.39. The SMILES string of the molecule is COc1ccc(CN2C(=O)c3c(c(OC)c4ncc(Cc5ccc(F)cc5)cc4c3O)C2=O)c(OC)c1. The highest BCUT2D eigenvalue weighted by Gasteiger charge is 2.42. The second kappa shape index (κ2) is 9.42. The molecule has 0 spiro atoms. The van der Waals surface area contributed by atoms with Crippen LogP contribution in [0.25, 0.3) is 10.9 Å². The van der Waals surface area contributed by atoms with Crippen molar-refractivity contribution in [3.63, 3.8) is 0 Å². The molecule has 0 saturated heterocycles. The summed E-state index contributed by atoms with van der Waals surface area (Å²) in [5.41, 5.74) is 2.24. The van der Waals surface area contributed by atoms with E-state index in [1.54, 1.807) is 42.6 Å². The van der Waals surface area contributed by atoms with Crippen LogP contribution in [-0.2, 0) is 13.0 Å². The maximum Gasteiger partial charge on any atom is 0.265 e. The Kier molecular flexibility index (Phi) is 6.12. The first-order valence-electron chi connectivity index (χ1n) is 11.4. The summed E-state index contributed by atoms with van der Waals surface area (Å²) in [5, 5.41) is 11.5. The molecule has 0 fully saturated rings. The highest BCUT2D eigenvalue weighted by atomic mass is 19.1. The normalized spacial score (nSPS) is 12.7. The van der Waals surface area contributed by atoms with Gasteiger partial charge in [-0.05, 0) is 47.9 Å². The van der Waals surface area contributed by atoms with E-state index in [2.05, 4.69) is 4.98 Å². The average Bonchev–Trinajstić information content (AvgIpc) is 3.16. The number of carbonyl (C=O) groups excluding carboxylic acids is 2. The Labute approximate surface area is 211 Å². The molecule has 8 nitrogen and oxygen atoms in total. The largest absolute Gasteiger partial charge is 0.506 e. The van der Waals surface area contributed by atoms with E-state index >= 15 is 0 Å². The van der Waals surface area contributed by atoms with E-state index in [0.717, 1.165) is 16.0 Å². The molecule has 0 aliphatic carbocycles. The van der Waals surface area contributed by atoms with Crippen LogP contribution in [0.4, 0.5) is 4.39 Å². The molecule has 3 aromatic carbocycles. The van der Waals surface area contributed by atoms with E-state index in [4.69, 9.17) is 14.2 Å². The van der Waals surface area contributed by atoms with Gasteiger partial charge in [-0.3, -0.25) is 19.5 Å². The van der Waals surface area contributed by atoms with Crippen LogP contribution >= 0.6 is 0 Å². The van der Waals surface area contributed by atoms with Crippen molar-refractivity contribution in [2.24, 2.45) is 0 Å². The lowest BCUT2D eigenvalue weighted by atomic mass is 9.99. The quantitative estimate of drug-likeness (QED) is 0.372. The van der Waals surface area contributed by atoms with Gasteiger partial charge in [0.15, 0.2) is 5.75 Å². The van der Waals surface area contributed by atoms with Gasteiger partial charge in [-0.25, -0.2) is 4.39 Å². The molecule has 2 heterocycles. The molecule has 0 bridgehead atoms. The Bertz CT molecular complexity index is 1550. The second-order valence-electron chi connectivity index (χ2n) is 8.55. The molecule has 37 heavy (non-hydrogen) atoms. The maximum absolute atomic E-state index is 13.4. The summed E-state index contributed by atoms with van der Waals surface area (Å²) in [5.74, 6) is -0.817. The predicted molar refractivity (Wildman–Crippen MR) is 133 cm³/mol. The molecule has 0 atom stereocenters. The summed E-state index contributed by atoms with van der Waals surface area (Å²) < 4.78 is 29.4. The number of methoxy groups -OCH3 is 3. The minimum absolute atomic E-state index is 0.0382. The van der Waals surface area contributed by atoms with Crippen molar-refractivity contribution in [1.82, 2.24) is 9.88 Å². The zero-order valence-corrected chi connectivity index (χ0v) is 20.4. The second-order valence-corrected chi connectivity index (χ2v) is 8.55. The maximum atomic E-state index is 13.4. The van der Waals surface area contributed by atoms with Crippen LogP contribution < -0.4 is 14.2 Å². The Morgan fingerprint density at radius 3 is 2.30 bits per heavy atom. The molecule has 1 aromatic heterocycles. The van der Waals surface area contributed by atoms with Crippen LogP contribution in [0.1, 0.15) is 37.4 Å². The molecule has 5 rings (SSSR count). The first kappa shape index (κ1) is 24.1. The number of aromatic nitrogens is 1. The molecule has 0 unspecified atom stereocenters. The molecule has 0 radical (unpaired) electrons. The van der Waals surface area contributed by atoms with E-state index in [9.17, 15) is 19.1 Å². The van der Waals surface area contributed by atoms with Crippen LogP contribution in [0.5, 0.6) is 23.0 Å². The lowest BCUT2D eigenvalue weighted by Crippen LogP contribution is -2.29. The minimum Gasteiger partial charge on any atom is -0.506 e. The van der Waals surface area contributed by atoms with Gasteiger partial charge in [0.1, 0.15) is 34.1 Å². The van der Waals surface area contributed by atoms with Gasteiger partial charge in [0.05, 0.1) is 33.4 Å². The van der Waals surface area contributed by atoms with Crippen molar-refractivity contribution in [3.8, 4) is 23.0 Å². The number of amides is 2. The molecule has 1 aliphatic rings. The number of hydrogen-bond donors (Lipinski definition) is 1.